The molecule has 0 aromatic heterocycles. The molecule has 0 fully saturated rings. The number of methoxy groups -OCH3 is 1. The third-order valence-corrected chi connectivity index (χ3v) is 1.04. The van der Waals surface area contributed by atoms with Gasteiger partial charge in [-0.2, -0.15) is 5.26 Å². The van der Waals surface area contributed by atoms with Gasteiger partial charge in [-0.3, -0.25) is 4.90 Å². The molecule has 0 radical (unpaired) electrons. The predicted octanol–water partition coefficient (Wildman–Crippen LogP) is -3.59. The summed E-state index contributed by atoms with van der Waals surface area (Å²) < 4.78 is 4.25. The molecule has 0 aromatic carbocycles. The zero-order valence-corrected chi connectivity index (χ0v) is 9.20. The van der Waals surface area contributed by atoms with Crippen LogP contribution in [0.3, 0.4) is 0 Å². The minimum Gasteiger partial charge on any atom is -0.876 e. The Labute approximate surface area is 92.5 Å². The molecule has 60 valence electrons. The second kappa shape index (κ2) is 6.98. The van der Waals surface area contributed by atoms with E-state index in [0.29, 0.717) is 0 Å². The monoisotopic (exact) mass is 178 g/mol. The molecule has 0 saturated carbocycles. The van der Waals surface area contributed by atoms with Gasteiger partial charge in [0.25, 0.3) is 0 Å². The quantitative estimate of drug-likeness (QED) is 0.236. The molecule has 0 aliphatic heterocycles. The van der Waals surface area contributed by atoms with Gasteiger partial charge in [0.15, 0.2) is 0 Å². The first-order valence-electron chi connectivity index (χ1n) is 2.71. The van der Waals surface area contributed by atoms with Gasteiger partial charge in [0.05, 0.1) is 7.11 Å². The zero-order valence-electron chi connectivity index (χ0n) is 7.20. The average Bonchev–Trinajstić information content (AvgIpc) is 2.05. The Morgan fingerprint density at radius 1 is 1.75 bits per heavy atom. The number of rotatable bonds is 1. The van der Waals surface area contributed by atoms with Crippen LogP contribution in [0.2, 0.25) is 0 Å². The van der Waals surface area contributed by atoms with Crippen molar-refractivity contribution in [3.8, 4) is 6.07 Å². The number of nitrogens with zero attached hydrogens (tertiary/aromatic N) is 2. The van der Waals surface area contributed by atoms with E-state index in [4.69, 9.17) is 5.26 Å². The van der Waals surface area contributed by atoms with Crippen molar-refractivity contribution in [1.82, 2.24) is 4.90 Å². The standard InChI is InChI=1S/C6H8N2O3.Na/c1-8(6(10)11-2)5(3-7)4-9;/h4,9H,1-2H3;/q;+1/p-1/b5-4+;. The van der Waals surface area contributed by atoms with E-state index >= 15 is 0 Å². The maximum absolute atomic E-state index is 10.6. The van der Waals surface area contributed by atoms with Crippen LogP contribution < -0.4 is 34.7 Å². The van der Waals surface area contributed by atoms with Gasteiger partial charge in [-0.15, -0.1) is 6.26 Å². The fourth-order valence-corrected chi connectivity index (χ4v) is 0.416. The number of nitriles is 1. The normalized spacial score (nSPS) is 9.25. The van der Waals surface area contributed by atoms with E-state index in [1.54, 1.807) is 6.07 Å². The smallest absolute Gasteiger partial charge is 0.876 e. The molecule has 0 saturated heterocycles. The van der Waals surface area contributed by atoms with Gasteiger partial charge < -0.3 is 9.84 Å². The van der Waals surface area contributed by atoms with Crippen molar-refractivity contribution in [3.63, 3.8) is 0 Å². The molecule has 1 amide bonds. The summed E-state index contributed by atoms with van der Waals surface area (Å²) in [6, 6.07) is 1.54. The van der Waals surface area contributed by atoms with Crippen LogP contribution in [0, 0.1) is 11.3 Å². The number of ether oxygens (including phenoxy) is 1. The Hall–Kier alpha value is -0.700. The van der Waals surface area contributed by atoms with Crippen LogP contribution in [0.1, 0.15) is 0 Å². The largest absolute Gasteiger partial charge is 1.00 e. The summed E-state index contributed by atoms with van der Waals surface area (Å²) in [7, 11) is 2.44. The summed E-state index contributed by atoms with van der Waals surface area (Å²) in [6.07, 6.45) is -0.453. The first kappa shape index (κ1) is 13.9. The van der Waals surface area contributed by atoms with Gasteiger partial charge in [0, 0.05) is 7.05 Å². The first-order valence-corrected chi connectivity index (χ1v) is 2.71. The average molecular weight is 178 g/mol. The maximum Gasteiger partial charge on any atom is 1.00 e. The van der Waals surface area contributed by atoms with E-state index in [-0.39, 0.29) is 41.5 Å². The summed E-state index contributed by atoms with van der Waals surface area (Å²) in [6.45, 7) is 0. The Balaban J connectivity index is 0. The van der Waals surface area contributed by atoms with Crippen LogP contribution >= 0.6 is 0 Å². The molecule has 0 heterocycles. The number of allylic oxidation sites excluding steroid dienone is 1. The SMILES string of the molecule is COC(=O)N(C)/C(C#N)=C/[O-].[Na+]. The van der Waals surface area contributed by atoms with Gasteiger partial charge in [0.1, 0.15) is 11.8 Å². The van der Waals surface area contributed by atoms with Gasteiger partial charge >= 0.3 is 35.7 Å². The topological polar surface area (TPSA) is 76.4 Å². The third kappa shape index (κ3) is 3.62. The third-order valence-electron chi connectivity index (χ3n) is 1.04. The van der Waals surface area contributed by atoms with Crippen LogP contribution in [-0.2, 0) is 4.74 Å². The van der Waals surface area contributed by atoms with E-state index < -0.39 is 6.09 Å². The molecular weight excluding hydrogens is 171 g/mol. The minimum absolute atomic E-state index is 0. The van der Waals surface area contributed by atoms with Crippen molar-refractivity contribution in [2.24, 2.45) is 0 Å². The zero-order chi connectivity index (χ0) is 8.85. The summed E-state index contributed by atoms with van der Waals surface area (Å²) in [5.74, 6) is 0. The molecule has 12 heavy (non-hydrogen) atoms. The molecule has 0 N–H and O–H groups in total. The Bertz CT molecular complexity index is 221. The second-order valence-electron chi connectivity index (χ2n) is 1.64. The molecule has 5 nitrogen and oxygen atoms in total. The molecule has 0 bridgehead atoms. The molecule has 6 heteroatoms. The first-order chi connectivity index (χ1) is 5.17. The Kier molecular flexibility index (Phi) is 8.06. The van der Waals surface area contributed by atoms with E-state index in [1.807, 2.05) is 0 Å². The fraction of sp³-hybridized carbons (Fsp3) is 0.333. The molecule has 0 atom stereocenters. The molecule has 0 rings (SSSR count). The summed E-state index contributed by atoms with van der Waals surface area (Å²) in [5.41, 5.74) is -0.281. The van der Waals surface area contributed by atoms with E-state index in [2.05, 4.69) is 4.74 Å². The summed E-state index contributed by atoms with van der Waals surface area (Å²) in [5, 5.41) is 18.4. The minimum atomic E-state index is -0.742. The van der Waals surface area contributed by atoms with Crippen molar-refractivity contribution < 1.29 is 44.2 Å². The Morgan fingerprint density at radius 2 is 2.25 bits per heavy atom. The van der Waals surface area contributed by atoms with E-state index in [1.165, 1.54) is 14.2 Å². The predicted molar refractivity (Wildman–Crippen MR) is 33.9 cm³/mol. The van der Waals surface area contributed by atoms with E-state index in [9.17, 15) is 9.90 Å². The van der Waals surface area contributed by atoms with Crippen LogP contribution in [0.4, 0.5) is 4.79 Å². The summed E-state index contributed by atoms with van der Waals surface area (Å²) in [4.78, 5) is 11.5. The van der Waals surface area contributed by atoms with Crippen molar-refractivity contribution in [1.29, 1.82) is 5.26 Å². The van der Waals surface area contributed by atoms with Crippen LogP contribution in [-0.4, -0.2) is 25.2 Å². The molecule has 0 aliphatic carbocycles. The molecule has 0 aliphatic rings. The molecule has 0 aromatic rings. The number of hydrogen-bond acceptors (Lipinski definition) is 4. The van der Waals surface area contributed by atoms with Gasteiger partial charge in [-0.1, -0.05) is 0 Å². The molecule has 0 unspecified atom stereocenters. The fourth-order valence-electron chi connectivity index (χ4n) is 0.416. The number of hydrogen-bond donors (Lipinski definition) is 0. The van der Waals surface area contributed by atoms with Gasteiger partial charge in [-0.25, -0.2) is 4.79 Å². The van der Waals surface area contributed by atoms with Gasteiger partial charge in [-0.05, 0) is 0 Å². The molecule has 0 spiro atoms. The van der Waals surface area contributed by atoms with Crippen molar-refractivity contribution in [2.45, 2.75) is 0 Å². The second-order valence-corrected chi connectivity index (χ2v) is 1.64. The van der Waals surface area contributed by atoms with Crippen LogP contribution in [0.25, 0.3) is 0 Å². The van der Waals surface area contributed by atoms with Gasteiger partial charge in [0.2, 0.25) is 0 Å². The van der Waals surface area contributed by atoms with Crippen LogP contribution in [0.15, 0.2) is 12.0 Å². The number of carbonyl (C=O) groups excluding carboxylic acids is 1. The van der Waals surface area contributed by atoms with E-state index in [0.717, 1.165) is 4.90 Å². The van der Waals surface area contributed by atoms with Crippen molar-refractivity contribution >= 4 is 6.09 Å². The number of carbonyl (C=O) groups is 1. The number of amides is 1. The summed E-state index contributed by atoms with van der Waals surface area (Å²) >= 11 is 0. The van der Waals surface area contributed by atoms with Crippen LogP contribution in [0.5, 0.6) is 0 Å². The maximum atomic E-state index is 10.6. The Morgan fingerprint density at radius 3 is 2.50 bits per heavy atom. The van der Waals surface area contributed by atoms with Crippen molar-refractivity contribution in [2.75, 3.05) is 14.2 Å². The molecular formula is C6H7N2NaO3. The van der Waals surface area contributed by atoms with Crippen molar-refractivity contribution in [3.05, 3.63) is 12.0 Å².